The second kappa shape index (κ2) is 12.4. The zero-order valence-corrected chi connectivity index (χ0v) is 26.7. The highest BCUT2D eigenvalue weighted by Crippen LogP contribution is 2.40. The van der Waals surface area contributed by atoms with Crippen molar-refractivity contribution >= 4 is 29.1 Å². The fourth-order valence-electron chi connectivity index (χ4n) is 6.82. The smallest absolute Gasteiger partial charge is 0.324 e. The highest BCUT2D eigenvalue weighted by molar-refractivity contribution is 5.99. The minimum atomic E-state index is -0.316. The third-order valence-electron chi connectivity index (χ3n) is 9.19. The number of fused-ring (bicyclic) bond motifs is 2. The molecule has 3 heterocycles. The third kappa shape index (κ3) is 7.06. The molecule has 0 saturated carbocycles. The van der Waals surface area contributed by atoms with E-state index in [-0.39, 0.29) is 17.4 Å². The first-order valence-corrected chi connectivity index (χ1v) is 16.0. The van der Waals surface area contributed by atoms with Gasteiger partial charge < -0.3 is 16.0 Å². The summed E-state index contributed by atoms with van der Waals surface area (Å²) >= 11 is 0. The molecule has 8 heteroatoms. The molecular weight excluding hydrogens is 560 g/mol. The van der Waals surface area contributed by atoms with Crippen molar-refractivity contribution in [1.82, 2.24) is 14.7 Å². The number of piperidine rings is 1. The summed E-state index contributed by atoms with van der Waals surface area (Å²) in [6.07, 6.45) is 5.67. The van der Waals surface area contributed by atoms with E-state index in [9.17, 15) is 9.59 Å². The Kier molecular flexibility index (Phi) is 8.40. The molecule has 3 aromatic carbocycles. The molecular formula is C37H44N6O2. The number of anilines is 3. The Morgan fingerprint density at radius 3 is 2.11 bits per heavy atom. The van der Waals surface area contributed by atoms with E-state index in [0.29, 0.717) is 30.2 Å². The van der Waals surface area contributed by atoms with E-state index in [4.69, 9.17) is 10.8 Å². The van der Waals surface area contributed by atoms with Gasteiger partial charge in [0.2, 0.25) is 5.91 Å². The molecule has 45 heavy (non-hydrogen) atoms. The number of carbonyl (C=O) groups is 2. The van der Waals surface area contributed by atoms with Gasteiger partial charge in [-0.25, -0.2) is 9.48 Å². The third-order valence-corrected chi connectivity index (χ3v) is 9.19. The molecule has 2 aliphatic heterocycles. The van der Waals surface area contributed by atoms with Crippen LogP contribution in [0.2, 0.25) is 0 Å². The number of urea groups is 1. The molecule has 2 saturated heterocycles. The number of aromatic nitrogens is 2. The van der Waals surface area contributed by atoms with Gasteiger partial charge in [-0.2, -0.15) is 5.10 Å². The highest BCUT2D eigenvalue weighted by atomic mass is 16.2. The van der Waals surface area contributed by atoms with Crippen molar-refractivity contribution in [3.63, 3.8) is 0 Å². The van der Waals surface area contributed by atoms with Gasteiger partial charge in [-0.3, -0.25) is 10.1 Å². The topological polar surface area (TPSA) is 105 Å². The van der Waals surface area contributed by atoms with Crippen molar-refractivity contribution in [2.75, 3.05) is 16.4 Å². The number of nitrogen functional groups attached to an aromatic ring is 1. The summed E-state index contributed by atoms with van der Waals surface area (Å²) in [6, 6.07) is 26.1. The molecule has 6 rings (SSSR count). The summed E-state index contributed by atoms with van der Waals surface area (Å²) in [5.74, 6) is 1.39. The van der Waals surface area contributed by atoms with Gasteiger partial charge in [0.1, 0.15) is 5.82 Å². The molecule has 2 fully saturated rings. The Morgan fingerprint density at radius 1 is 0.867 bits per heavy atom. The summed E-state index contributed by atoms with van der Waals surface area (Å²) in [5, 5.41) is 10.8. The highest BCUT2D eigenvalue weighted by Gasteiger charge is 2.42. The van der Waals surface area contributed by atoms with Gasteiger partial charge in [0.15, 0.2) is 0 Å². The lowest BCUT2D eigenvalue weighted by atomic mass is 9.85. The summed E-state index contributed by atoms with van der Waals surface area (Å²) in [5.41, 5.74) is 12.3. The second-order valence-electron chi connectivity index (χ2n) is 13.8. The average Bonchev–Trinajstić information content (AvgIpc) is 3.54. The van der Waals surface area contributed by atoms with Crippen LogP contribution in [0.15, 0.2) is 78.9 Å². The largest absolute Gasteiger partial charge is 0.399 e. The fraction of sp³-hybridized carbons (Fsp3) is 0.378. The van der Waals surface area contributed by atoms with E-state index in [1.807, 2.05) is 73.7 Å². The van der Waals surface area contributed by atoms with E-state index < -0.39 is 0 Å². The van der Waals surface area contributed by atoms with Crippen molar-refractivity contribution in [3.8, 4) is 5.69 Å². The van der Waals surface area contributed by atoms with Gasteiger partial charge in [0.25, 0.3) is 0 Å². The molecule has 0 spiro atoms. The number of benzene rings is 3. The van der Waals surface area contributed by atoms with Crippen LogP contribution in [0.1, 0.15) is 68.8 Å². The van der Waals surface area contributed by atoms with Crippen LogP contribution in [0, 0.1) is 12.8 Å². The summed E-state index contributed by atoms with van der Waals surface area (Å²) in [7, 11) is 0. The monoisotopic (exact) mass is 604 g/mol. The van der Waals surface area contributed by atoms with Crippen molar-refractivity contribution in [3.05, 3.63) is 101 Å². The number of amides is 3. The van der Waals surface area contributed by atoms with E-state index in [2.05, 4.69) is 48.4 Å². The maximum absolute atomic E-state index is 13.2. The lowest BCUT2D eigenvalue weighted by molar-refractivity contribution is -0.135. The van der Waals surface area contributed by atoms with Crippen LogP contribution >= 0.6 is 0 Å². The van der Waals surface area contributed by atoms with Crippen LogP contribution in [-0.4, -0.2) is 38.7 Å². The van der Waals surface area contributed by atoms with Crippen molar-refractivity contribution in [1.29, 1.82) is 0 Å². The molecule has 8 nitrogen and oxygen atoms in total. The van der Waals surface area contributed by atoms with Crippen LogP contribution in [0.5, 0.6) is 0 Å². The van der Waals surface area contributed by atoms with Gasteiger partial charge in [0, 0.05) is 34.9 Å². The average molecular weight is 605 g/mol. The first-order valence-electron chi connectivity index (χ1n) is 16.0. The number of rotatable bonds is 7. The van der Waals surface area contributed by atoms with Crippen molar-refractivity contribution in [2.24, 2.45) is 5.92 Å². The summed E-state index contributed by atoms with van der Waals surface area (Å²) < 4.78 is 1.78. The zero-order chi connectivity index (χ0) is 31.7. The van der Waals surface area contributed by atoms with Gasteiger partial charge in [0.05, 0.1) is 17.8 Å². The summed E-state index contributed by atoms with van der Waals surface area (Å²) in [6.45, 7) is 8.37. The molecule has 2 aliphatic rings. The minimum Gasteiger partial charge on any atom is -0.399 e. The summed E-state index contributed by atoms with van der Waals surface area (Å²) in [4.78, 5) is 28.5. The molecule has 4 aromatic rings. The van der Waals surface area contributed by atoms with Gasteiger partial charge in [-0.05, 0) is 92.5 Å². The second-order valence-corrected chi connectivity index (χ2v) is 13.8. The normalized spacial score (nSPS) is 19.4. The minimum absolute atomic E-state index is 0.165. The van der Waals surface area contributed by atoms with E-state index in [0.717, 1.165) is 66.0 Å². The first kappa shape index (κ1) is 30.4. The van der Waals surface area contributed by atoms with Crippen molar-refractivity contribution < 1.29 is 9.59 Å². The lowest BCUT2D eigenvalue weighted by Gasteiger charge is -2.39. The van der Waals surface area contributed by atoms with E-state index >= 15 is 0 Å². The van der Waals surface area contributed by atoms with Gasteiger partial charge >= 0.3 is 6.03 Å². The molecule has 0 aliphatic carbocycles. The van der Waals surface area contributed by atoms with Crippen LogP contribution < -0.4 is 16.4 Å². The van der Waals surface area contributed by atoms with Crippen molar-refractivity contribution in [2.45, 2.75) is 83.7 Å². The van der Waals surface area contributed by atoms with Gasteiger partial charge in [-0.15, -0.1) is 0 Å². The Balaban J connectivity index is 1.05. The van der Waals surface area contributed by atoms with Crippen LogP contribution in [0.3, 0.4) is 0 Å². The van der Waals surface area contributed by atoms with Crippen LogP contribution in [0.4, 0.5) is 22.0 Å². The molecule has 2 atom stereocenters. The first-order chi connectivity index (χ1) is 21.5. The molecule has 0 radical (unpaired) electrons. The van der Waals surface area contributed by atoms with Crippen LogP contribution in [0.25, 0.3) is 5.69 Å². The Hall–Kier alpha value is -4.59. The van der Waals surface area contributed by atoms with E-state index in [1.54, 1.807) is 4.68 Å². The lowest BCUT2D eigenvalue weighted by Crippen LogP contribution is -2.47. The number of aryl methyl sites for hydroxylation is 1. The predicted octanol–water partition coefficient (Wildman–Crippen LogP) is 7.26. The molecule has 3 amide bonds. The number of carbonyl (C=O) groups excluding carboxylic acids is 2. The maximum atomic E-state index is 13.2. The standard InChI is InChI=1S/C37H44N6O2/c1-24-5-15-30(16-6-24)43-34(23-33(41-43)37(2,3)4)40-36(45)39-29-13-9-25(10-14-29)19-27-20-31-17-18-32(21-27)42(31)35(44)22-26-7-11-28(38)12-8-26/h5-16,23,27,31-32H,17-22,38H2,1-4H3,(H2,39,40,45). The van der Waals surface area contributed by atoms with Crippen LogP contribution in [-0.2, 0) is 23.1 Å². The molecule has 2 bridgehead atoms. The quantitative estimate of drug-likeness (QED) is 0.193. The van der Waals surface area contributed by atoms with Gasteiger partial charge in [-0.1, -0.05) is 62.7 Å². The SMILES string of the molecule is Cc1ccc(-n2nc(C(C)(C)C)cc2NC(=O)Nc2ccc(CC3CC4CCC(C3)N4C(=O)Cc3ccc(N)cc3)cc2)cc1. The Bertz CT molecular complexity index is 1640. The number of hydrogen-bond donors (Lipinski definition) is 3. The Morgan fingerprint density at radius 2 is 1.49 bits per heavy atom. The Labute approximate surface area is 266 Å². The molecule has 234 valence electrons. The number of nitrogens with two attached hydrogens (primary N) is 1. The zero-order valence-electron chi connectivity index (χ0n) is 26.7. The number of nitrogens with zero attached hydrogens (tertiary/aromatic N) is 3. The predicted molar refractivity (Wildman–Crippen MR) is 181 cm³/mol. The molecule has 2 unspecified atom stereocenters. The number of hydrogen-bond acceptors (Lipinski definition) is 4. The molecule has 1 aromatic heterocycles. The fourth-order valence-corrected chi connectivity index (χ4v) is 6.82. The van der Waals surface area contributed by atoms with E-state index in [1.165, 1.54) is 5.56 Å². The maximum Gasteiger partial charge on any atom is 0.324 e. The molecule has 4 N–H and O–H groups in total. The number of nitrogens with one attached hydrogen (secondary N) is 2.